The Balaban J connectivity index is 2.65. The predicted molar refractivity (Wildman–Crippen MR) is 135 cm³/mol. The Hall–Kier alpha value is -3.87. The van der Waals surface area contributed by atoms with Crippen LogP contribution in [-0.2, 0) is 80.9 Å². The largest absolute Gasteiger partial charge is 0.463 e. The van der Waals surface area contributed by atoms with Crippen LogP contribution in [0.1, 0.15) is 48.5 Å². The van der Waals surface area contributed by atoms with Crippen LogP contribution in [0, 0.1) is 0 Å². The first-order chi connectivity index (χ1) is 20.5. The Morgan fingerprint density at radius 1 is 0.477 bits per heavy atom. The second-order valence-electron chi connectivity index (χ2n) is 9.69. The highest BCUT2D eigenvalue weighted by atomic mass is 16.8. The van der Waals surface area contributed by atoms with E-state index in [-0.39, 0.29) is 0 Å². The summed E-state index contributed by atoms with van der Waals surface area (Å²) in [5, 5.41) is 10.9. The van der Waals surface area contributed by atoms with Crippen LogP contribution in [0.25, 0.3) is 0 Å². The zero-order chi connectivity index (χ0) is 33.3. The minimum Gasteiger partial charge on any atom is -0.463 e. The Morgan fingerprint density at radius 3 is 1.32 bits per heavy atom. The van der Waals surface area contributed by atoms with E-state index in [2.05, 4.69) is 0 Å². The molecule has 1 N–H and O–H groups in total. The molecule has 0 amide bonds. The fraction of sp³-hybridized carbons (Fsp3) is 0.731. The molecular formula is C26H36O18. The highest BCUT2D eigenvalue weighted by Gasteiger charge is 2.57. The van der Waals surface area contributed by atoms with Gasteiger partial charge in [-0.1, -0.05) is 0 Å². The monoisotopic (exact) mass is 636 g/mol. The molecule has 0 aromatic carbocycles. The number of carbonyl (C=O) groups is 7. The van der Waals surface area contributed by atoms with Crippen LogP contribution < -0.4 is 0 Å². The van der Waals surface area contributed by atoms with Crippen molar-refractivity contribution in [3.05, 3.63) is 0 Å². The first-order valence-corrected chi connectivity index (χ1v) is 13.3. The first-order valence-electron chi connectivity index (χ1n) is 13.3. The third kappa shape index (κ3) is 10.7. The molecule has 2 saturated heterocycles. The summed E-state index contributed by atoms with van der Waals surface area (Å²) in [4.78, 5) is 83.3. The zero-order valence-electron chi connectivity index (χ0n) is 25.1. The zero-order valence-corrected chi connectivity index (χ0v) is 25.1. The van der Waals surface area contributed by atoms with E-state index in [4.69, 9.17) is 47.4 Å². The van der Waals surface area contributed by atoms with Crippen molar-refractivity contribution in [3.63, 3.8) is 0 Å². The van der Waals surface area contributed by atoms with Gasteiger partial charge in [-0.3, -0.25) is 33.6 Å². The summed E-state index contributed by atoms with van der Waals surface area (Å²) in [6.45, 7) is 6.09. The van der Waals surface area contributed by atoms with E-state index in [1.54, 1.807) is 0 Å². The van der Waals surface area contributed by atoms with Crippen molar-refractivity contribution >= 4 is 41.8 Å². The number of ether oxygens (including phenoxy) is 10. The van der Waals surface area contributed by atoms with Crippen molar-refractivity contribution in [2.24, 2.45) is 0 Å². The maximum Gasteiger partial charge on any atom is 0.305 e. The lowest BCUT2D eigenvalue weighted by atomic mass is 9.96. The number of aliphatic hydroxyl groups is 1. The third-order valence-corrected chi connectivity index (χ3v) is 5.89. The third-order valence-electron chi connectivity index (χ3n) is 5.89. The van der Waals surface area contributed by atoms with Gasteiger partial charge in [0.25, 0.3) is 0 Å². The Bertz CT molecular complexity index is 1090. The minimum atomic E-state index is -1.79. The average Bonchev–Trinajstić information content (AvgIpc) is 2.87. The van der Waals surface area contributed by atoms with Crippen LogP contribution in [0.5, 0.6) is 0 Å². The number of esters is 7. The molecule has 2 rings (SSSR count). The van der Waals surface area contributed by atoms with Crippen molar-refractivity contribution in [2.45, 2.75) is 110 Å². The van der Waals surface area contributed by atoms with Crippen molar-refractivity contribution in [1.82, 2.24) is 0 Å². The predicted octanol–water partition coefficient (Wildman–Crippen LogP) is -1.40. The summed E-state index contributed by atoms with van der Waals surface area (Å²) in [5.74, 6) is -6.04. The highest BCUT2D eigenvalue weighted by molar-refractivity contribution is 5.69. The van der Waals surface area contributed by atoms with E-state index in [1.165, 1.54) is 0 Å². The van der Waals surface area contributed by atoms with Crippen LogP contribution in [0.3, 0.4) is 0 Å². The molecule has 0 radical (unpaired) electrons. The molecule has 0 spiro atoms. The van der Waals surface area contributed by atoms with Gasteiger partial charge in [0, 0.05) is 48.5 Å². The molecule has 2 fully saturated rings. The molecule has 10 atom stereocenters. The van der Waals surface area contributed by atoms with Crippen molar-refractivity contribution in [2.75, 3.05) is 13.2 Å². The van der Waals surface area contributed by atoms with Gasteiger partial charge in [-0.15, -0.1) is 0 Å². The van der Waals surface area contributed by atoms with Crippen molar-refractivity contribution in [1.29, 1.82) is 0 Å². The average molecular weight is 637 g/mol. The molecule has 2 heterocycles. The number of hydrogen-bond donors (Lipinski definition) is 1. The minimum absolute atomic E-state index is 0.572. The van der Waals surface area contributed by atoms with Gasteiger partial charge in [-0.2, -0.15) is 0 Å². The quantitative estimate of drug-likeness (QED) is 0.203. The van der Waals surface area contributed by atoms with E-state index < -0.39 is 116 Å². The lowest BCUT2D eigenvalue weighted by molar-refractivity contribution is -0.357. The van der Waals surface area contributed by atoms with E-state index in [9.17, 15) is 38.7 Å². The van der Waals surface area contributed by atoms with Gasteiger partial charge >= 0.3 is 41.8 Å². The molecule has 0 saturated carbocycles. The number of rotatable bonds is 11. The van der Waals surface area contributed by atoms with Crippen LogP contribution in [0.2, 0.25) is 0 Å². The molecule has 2 aliphatic heterocycles. The lowest BCUT2D eigenvalue weighted by Gasteiger charge is -2.48. The topological polar surface area (TPSA) is 232 Å². The number of carbonyl (C=O) groups excluding carboxylic acids is 7. The molecular weight excluding hydrogens is 600 g/mol. The second-order valence-corrected chi connectivity index (χ2v) is 9.69. The molecule has 0 aliphatic carbocycles. The summed E-state index contributed by atoms with van der Waals surface area (Å²) in [5.41, 5.74) is 0. The number of hydrogen-bond acceptors (Lipinski definition) is 18. The summed E-state index contributed by atoms with van der Waals surface area (Å²) < 4.78 is 54.1. The Kier molecular flexibility index (Phi) is 13.4. The van der Waals surface area contributed by atoms with Crippen LogP contribution in [-0.4, -0.2) is 122 Å². The maximum absolute atomic E-state index is 12.2. The van der Waals surface area contributed by atoms with E-state index in [1.807, 2.05) is 0 Å². The van der Waals surface area contributed by atoms with Crippen molar-refractivity contribution in [3.8, 4) is 0 Å². The fourth-order valence-corrected chi connectivity index (χ4v) is 4.41. The standard InChI is InChI=1S/C26H36O18/c1-10(27)35-8-17-19(34)21(37-12(3)29)23(39-14(5)31)26(42-17)44-20-18(9-36-11(2)28)43-25(41-16(7)33)24(40-15(6)32)22(20)38-13(4)30/h17-26,34H,8-9H2,1-7H3/t17?,18?,19-,20-,21+,22+,23?,24?,25-,26-/m1/s1. The smallest absolute Gasteiger partial charge is 0.305 e. The first kappa shape index (κ1) is 36.3. The summed E-state index contributed by atoms with van der Waals surface area (Å²) in [6.07, 6.45) is -16.3. The van der Waals surface area contributed by atoms with Gasteiger partial charge in [-0.25, -0.2) is 0 Å². The highest BCUT2D eigenvalue weighted by Crippen LogP contribution is 2.34. The summed E-state index contributed by atoms with van der Waals surface area (Å²) in [7, 11) is 0. The lowest BCUT2D eigenvalue weighted by Crippen LogP contribution is -2.67. The molecule has 248 valence electrons. The van der Waals surface area contributed by atoms with Crippen LogP contribution in [0.4, 0.5) is 0 Å². The Labute approximate surface area is 251 Å². The SMILES string of the molecule is CC(=O)OCC1O[C@H](O[C@@H]2C(COC(C)=O)O[C@@H](OC(C)=O)C(OC(C)=O)[C@H]2OC(C)=O)C(OC(C)=O)[C@@H](OC(C)=O)[C@@H]1O. The van der Waals surface area contributed by atoms with Gasteiger partial charge in [0.1, 0.15) is 37.6 Å². The second kappa shape index (κ2) is 16.3. The molecule has 0 aromatic rings. The van der Waals surface area contributed by atoms with Gasteiger partial charge in [0.2, 0.25) is 12.4 Å². The van der Waals surface area contributed by atoms with E-state index in [0.717, 1.165) is 48.5 Å². The molecule has 4 unspecified atom stereocenters. The molecule has 44 heavy (non-hydrogen) atoms. The summed E-state index contributed by atoms with van der Waals surface area (Å²) in [6, 6.07) is 0. The molecule has 0 aromatic heterocycles. The molecule has 2 aliphatic rings. The Morgan fingerprint density at radius 2 is 0.864 bits per heavy atom. The number of aliphatic hydroxyl groups excluding tert-OH is 1. The molecule has 18 nitrogen and oxygen atoms in total. The van der Waals surface area contributed by atoms with Gasteiger partial charge in [-0.05, 0) is 0 Å². The summed E-state index contributed by atoms with van der Waals surface area (Å²) >= 11 is 0. The van der Waals surface area contributed by atoms with Crippen LogP contribution in [0.15, 0.2) is 0 Å². The fourth-order valence-electron chi connectivity index (χ4n) is 4.41. The van der Waals surface area contributed by atoms with E-state index >= 15 is 0 Å². The maximum atomic E-state index is 12.2. The van der Waals surface area contributed by atoms with Crippen molar-refractivity contribution < 1.29 is 86.0 Å². The molecule has 18 heteroatoms. The van der Waals surface area contributed by atoms with Gasteiger partial charge in [0.05, 0.1) is 0 Å². The van der Waals surface area contributed by atoms with Gasteiger partial charge in [0.15, 0.2) is 24.6 Å². The van der Waals surface area contributed by atoms with E-state index in [0.29, 0.717) is 0 Å². The normalized spacial score (nSPS) is 31.5. The molecule has 0 bridgehead atoms. The van der Waals surface area contributed by atoms with Gasteiger partial charge < -0.3 is 52.5 Å². The van der Waals surface area contributed by atoms with Crippen LogP contribution >= 0.6 is 0 Å².